The number of amides is 2. The number of Topliss-reactive ketones (excluding diaryl/α,β-unsaturated/α-hetero) is 1. The minimum Gasteiger partial charge on any atom is -0.484 e. The van der Waals surface area contributed by atoms with Crippen molar-refractivity contribution in [3.05, 3.63) is 125 Å². The van der Waals surface area contributed by atoms with E-state index in [0.717, 1.165) is 11.1 Å². The normalized spacial score (nSPS) is 10.9. The lowest BCUT2D eigenvalue weighted by atomic mass is 9.78. The highest BCUT2D eigenvalue weighted by Crippen LogP contribution is 2.32. The van der Waals surface area contributed by atoms with Gasteiger partial charge in [0.05, 0.1) is 6.42 Å². The molecule has 6 heteroatoms. The molecule has 4 aromatic carbocycles. The van der Waals surface area contributed by atoms with E-state index in [1.54, 1.807) is 30.3 Å². The molecule has 0 aliphatic carbocycles. The van der Waals surface area contributed by atoms with Crippen LogP contribution in [0.4, 0.5) is 11.4 Å². The van der Waals surface area contributed by atoms with Gasteiger partial charge in [-0.15, -0.1) is 0 Å². The van der Waals surface area contributed by atoms with Crippen LogP contribution in [0.3, 0.4) is 0 Å². The maximum atomic E-state index is 12.7. The number of rotatable bonds is 10. The van der Waals surface area contributed by atoms with Crippen LogP contribution in [0, 0.1) is 6.92 Å². The van der Waals surface area contributed by atoms with Gasteiger partial charge in [-0.1, -0.05) is 86.6 Å². The van der Waals surface area contributed by atoms with E-state index in [0.29, 0.717) is 22.7 Å². The first-order chi connectivity index (χ1) is 18.7. The average molecular weight is 521 g/mol. The number of hydrogen-bond donors (Lipinski definition) is 2. The van der Waals surface area contributed by atoms with E-state index in [9.17, 15) is 14.4 Å². The van der Waals surface area contributed by atoms with E-state index in [4.69, 9.17) is 4.74 Å². The number of hydrogen-bond acceptors (Lipinski definition) is 4. The van der Waals surface area contributed by atoms with Crippen LogP contribution in [-0.2, 0) is 15.0 Å². The molecule has 4 rings (SSSR count). The maximum Gasteiger partial charge on any atom is 0.262 e. The third-order valence-electron chi connectivity index (χ3n) is 6.65. The number of anilines is 2. The van der Waals surface area contributed by atoms with Gasteiger partial charge in [-0.2, -0.15) is 0 Å². The minimum atomic E-state index is -0.393. The molecule has 0 aliphatic heterocycles. The Kier molecular flexibility index (Phi) is 8.56. The van der Waals surface area contributed by atoms with E-state index >= 15 is 0 Å². The zero-order chi connectivity index (χ0) is 27.8. The number of ketones is 1. The van der Waals surface area contributed by atoms with Gasteiger partial charge in [0.1, 0.15) is 5.75 Å². The molecule has 6 nitrogen and oxygen atoms in total. The summed E-state index contributed by atoms with van der Waals surface area (Å²) in [6.07, 6.45) is -0.300. The first-order valence-corrected chi connectivity index (χ1v) is 12.8. The molecule has 39 heavy (non-hydrogen) atoms. The predicted octanol–water partition coefficient (Wildman–Crippen LogP) is 6.55. The zero-order valence-electron chi connectivity index (χ0n) is 22.4. The highest BCUT2D eigenvalue weighted by atomic mass is 16.5. The van der Waals surface area contributed by atoms with Crippen LogP contribution < -0.4 is 15.4 Å². The van der Waals surface area contributed by atoms with Crippen molar-refractivity contribution in [3.63, 3.8) is 0 Å². The first-order valence-electron chi connectivity index (χ1n) is 12.8. The van der Waals surface area contributed by atoms with Gasteiger partial charge in [0.2, 0.25) is 5.91 Å². The molecule has 0 saturated heterocycles. The smallest absolute Gasteiger partial charge is 0.262 e. The van der Waals surface area contributed by atoms with Crippen molar-refractivity contribution in [2.24, 2.45) is 0 Å². The summed E-state index contributed by atoms with van der Waals surface area (Å²) in [6, 6.07) is 31.9. The van der Waals surface area contributed by atoms with Gasteiger partial charge in [0, 0.05) is 22.4 Å². The van der Waals surface area contributed by atoms with Gasteiger partial charge in [0.25, 0.3) is 5.91 Å². The predicted molar refractivity (Wildman–Crippen MR) is 154 cm³/mol. The van der Waals surface area contributed by atoms with Crippen molar-refractivity contribution in [2.75, 3.05) is 17.2 Å². The number of aryl methyl sites for hydroxylation is 1. The van der Waals surface area contributed by atoms with Gasteiger partial charge in [-0.3, -0.25) is 14.4 Å². The van der Waals surface area contributed by atoms with Gasteiger partial charge in [-0.05, 0) is 53.9 Å². The molecular formula is C33H32N2O4. The lowest BCUT2D eigenvalue weighted by Gasteiger charge is -2.26. The second kappa shape index (κ2) is 12.2. The number of carbonyl (C=O) groups is 3. The van der Waals surface area contributed by atoms with E-state index in [-0.39, 0.29) is 30.1 Å². The summed E-state index contributed by atoms with van der Waals surface area (Å²) < 4.78 is 5.68. The third kappa shape index (κ3) is 7.20. The molecule has 198 valence electrons. The molecule has 2 N–H and O–H groups in total. The molecule has 0 radical (unpaired) electrons. The Bertz CT molecular complexity index is 1460. The molecular weight excluding hydrogens is 488 g/mol. The van der Waals surface area contributed by atoms with Crippen LogP contribution in [0.25, 0.3) is 0 Å². The SMILES string of the molecule is Cc1ccccc1NC(=O)CC(=O)c1cccc(NC(=O)COc2ccc(C(C)(C)c3ccccc3)cc2)c1. The molecule has 0 spiro atoms. The molecule has 2 amide bonds. The fraction of sp³-hybridized carbons (Fsp3) is 0.182. The highest BCUT2D eigenvalue weighted by molar-refractivity contribution is 6.11. The van der Waals surface area contributed by atoms with Gasteiger partial charge >= 0.3 is 0 Å². The Hall–Kier alpha value is -4.71. The first kappa shape index (κ1) is 27.3. The van der Waals surface area contributed by atoms with Gasteiger partial charge < -0.3 is 15.4 Å². The second-order valence-corrected chi connectivity index (χ2v) is 9.90. The summed E-state index contributed by atoms with van der Waals surface area (Å²) in [4.78, 5) is 37.5. The lowest BCUT2D eigenvalue weighted by Crippen LogP contribution is -2.21. The number of carbonyl (C=O) groups excluding carboxylic acids is 3. The van der Waals surface area contributed by atoms with Crippen molar-refractivity contribution < 1.29 is 19.1 Å². The monoisotopic (exact) mass is 520 g/mol. The maximum absolute atomic E-state index is 12.7. The Labute approximate surface area is 229 Å². The number of ether oxygens (including phenoxy) is 1. The number of nitrogens with one attached hydrogen (secondary N) is 2. The Balaban J connectivity index is 1.29. The lowest BCUT2D eigenvalue weighted by molar-refractivity contribution is -0.118. The summed E-state index contributed by atoms with van der Waals surface area (Å²) in [5.74, 6) is -0.505. The van der Waals surface area contributed by atoms with E-state index in [2.05, 4.69) is 36.6 Å². The van der Waals surface area contributed by atoms with Crippen LogP contribution in [0.15, 0.2) is 103 Å². The van der Waals surface area contributed by atoms with Crippen LogP contribution in [0.2, 0.25) is 0 Å². The van der Waals surface area contributed by atoms with Crippen LogP contribution in [0.1, 0.15) is 47.3 Å². The van der Waals surface area contributed by atoms with Crippen LogP contribution >= 0.6 is 0 Å². The Morgan fingerprint density at radius 1 is 0.718 bits per heavy atom. The molecule has 0 aromatic heterocycles. The van der Waals surface area contributed by atoms with Crippen molar-refractivity contribution in [1.82, 2.24) is 0 Å². The van der Waals surface area contributed by atoms with Crippen LogP contribution in [0.5, 0.6) is 5.75 Å². The molecule has 0 fully saturated rings. The zero-order valence-corrected chi connectivity index (χ0v) is 22.4. The van der Waals surface area contributed by atoms with E-state index in [1.807, 2.05) is 67.6 Å². The molecule has 0 aliphatic rings. The molecule has 0 bridgehead atoms. The number of para-hydroxylation sites is 1. The van der Waals surface area contributed by atoms with Crippen molar-refractivity contribution in [2.45, 2.75) is 32.6 Å². The highest BCUT2D eigenvalue weighted by Gasteiger charge is 2.22. The average Bonchev–Trinajstić information content (AvgIpc) is 2.94. The molecule has 0 heterocycles. The standard InChI is InChI=1S/C33H32N2O4/c1-23-10-7-8-15-29(23)35-31(37)21-30(36)24-11-9-14-27(20-24)34-32(38)22-39-28-18-16-26(17-19-28)33(2,3)25-12-5-4-6-13-25/h4-20H,21-22H2,1-3H3,(H,34,38)(H,35,37). The summed E-state index contributed by atoms with van der Waals surface area (Å²) in [7, 11) is 0. The van der Waals surface area contributed by atoms with Gasteiger partial charge in [-0.25, -0.2) is 0 Å². The van der Waals surface area contributed by atoms with Crippen molar-refractivity contribution >= 4 is 29.0 Å². The minimum absolute atomic E-state index is 0.166. The van der Waals surface area contributed by atoms with Crippen molar-refractivity contribution in [3.8, 4) is 5.75 Å². The fourth-order valence-electron chi connectivity index (χ4n) is 4.26. The Morgan fingerprint density at radius 3 is 2.10 bits per heavy atom. The van der Waals surface area contributed by atoms with E-state index < -0.39 is 5.91 Å². The second-order valence-electron chi connectivity index (χ2n) is 9.90. The third-order valence-corrected chi connectivity index (χ3v) is 6.65. The molecule has 0 atom stereocenters. The fourth-order valence-corrected chi connectivity index (χ4v) is 4.26. The summed E-state index contributed by atoms with van der Waals surface area (Å²) in [5.41, 5.74) is 4.56. The van der Waals surface area contributed by atoms with E-state index in [1.165, 1.54) is 5.56 Å². The molecule has 0 saturated carbocycles. The van der Waals surface area contributed by atoms with Gasteiger partial charge in [0.15, 0.2) is 12.4 Å². The van der Waals surface area contributed by atoms with Crippen LogP contribution in [-0.4, -0.2) is 24.2 Å². The topological polar surface area (TPSA) is 84.5 Å². The molecule has 4 aromatic rings. The summed E-state index contributed by atoms with van der Waals surface area (Å²) >= 11 is 0. The quantitative estimate of drug-likeness (QED) is 0.183. The number of benzene rings is 4. The molecule has 0 unspecified atom stereocenters. The largest absolute Gasteiger partial charge is 0.484 e. The summed E-state index contributed by atoms with van der Waals surface area (Å²) in [6.45, 7) is 6.04. The summed E-state index contributed by atoms with van der Waals surface area (Å²) in [5, 5.41) is 5.51. The van der Waals surface area contributed by atoms with Crippen molar-refractivity contribution in [1.29, 1.82) is 0 Å². The Morgan fingerprint density at radius 2 is 1.38 bits per heavy atom.